The molecular weight excluding hydrogens is 198 g/mol. The van der Waals surface area contributed by atoms with Gasteiger partial charge in [-0.1, -0.05) is 31.2 Å². The Bertz CT molecular complexity index is 468. The molecule has 1 aromatic heterocycles. The van der Waals surface area contributed by atoms with Crippen LogP contribution in [0.25, 0.3) is 11.3 Å². The van der Waals surface area contributed by atoms with E-state index in [1.807, 2.05) is 17.9 Å². The van der Waals surface area contributed by atoms with E-state index in [-0.39, 0.29) is 0 Å². The third-order valence-electron chi connectivity index (χ3n) is 2.89. The summed E-state index contributed by atoms with van der Waals surface area (Å²) in [4.78, 5) is 4.40. The Morgan fingerprint density at radius 3 is 2.50 bits per heavy atom. The summed E-state index contributed by atoms with van der Waals surface area (Å²) in [7, 11) is 1.97. The lowest BCUT2D eigenvalue weighted by atomic mass is 10.1. The highest BCUT2D eigenvalue weighted by Crippen LogP contribution is 2.21. The molecule has 84 valence electrons. The molecule has 0 atom stereocenters. The number of aromatic nitrogens is 2. The van der Waals surface area contributed by atoms with Gasteiger partial charge in [-0.15, -0.1) is 0 Å². The number of hydrogen-bond donors (Lipinski definition) is 1. The highest BCUT2D eigenvalue weighted by Gasteiger charge is 2.08. The second-order valence-electron chi connectivity index (χ2n) is 3.91. The predicted octanol–water partition coefficient (Wildman–Crippen LogP) is 2.11. The van der Waals surface area contributed by atoms with Crippen molar-refractivity contribution in [3.8, 4) is 11.3 Å². The first-order valence-corrected chi connectivity index (χ1v) is 5.55. The summed E-state index contributed by atoms with van der Waals surface area (Å²) in [6, 6.07) is 8.51. The van der Waals surface area contributed by atoms with E-state index in [0.717, 1.165) is 23.4 Å². The van der Waals surface area contributed by atoms with E-state index in [9.17, 15) is 0 Å². The molecule has 0 unspecified atom stereocenters. The van der Waals surface area contributed by atoms with E-state index in [0.29, 0.717) is 6.54 Å². The number of imidazole rings is 1. The summed E-state index contributed by atoms with van der Waals surface area (Å²) in [5.41, 5.74) is 10.3. The molecule has 1 heterocycles. The van der Waals surface area contributed by atoms with Gasteiger partial charge in [0.25, 0.3) is 0 Å². The van der Waals surface area contributed by atoms with E-state index in [1.165, 1.54) is 5.56 Å². The van der Waals surface area contributed by atoms with Gasteiger partial charge in [0.05, 0.1) is 17.7 Å². The Hall–Kier alpha value is -1.61. The third kappa shape index (κ3) is 1.86. The number of nitrogens with zero attached hydrogens (tertiary/aromatic N) is 2. The zero-order valence-corrected chi connectivity index (χ0v) is 9.77. The van der Waals surface area contributed by atoms with Crippen LogP contribution in [0.4, 0.5) is 0 Å². The van der Waals surface area contributed by atoms with Crippen LogP contribution < -0.4 is 5.73 Å². The van der Waals surface area contributed by atoms with E-state index in [4.69, 9.17) is 5.73 Å². The summed E-state index contributed by atoms with van der Waals surface area (Å²) in [6.45, 7) is 2.67. The Labute approximate surface area is 95.9 Å². The number of benzene rings is 1. The Balaban J connectivity index is 2.42. The molecule has 3 nitrogen and oxygen atoms in total. The first-order chi connectivity index (χ1) is 7.76. The van der Waals surface area contributed by atoms with Gasteiger partial charge in [0.2, 0.25) is 0 Å². The molecule has 0 aliphatic heterocycles. The van der Waals surface area contributed by atoms with Crippen LogP contribution in [0.3, 0.4) is 0 Å². The van der Waals surface area contributed by atoms with Crippen molar-refractivity contribution in [1.29, 1.82) is 0 Å². The molecule has 0 radical (unpaired) electrons. The van der Waals surface area contributed by atoms with Gasteiger partial charge >= 0.3 is 0 Å². The van der Waals surface area contributed by atoms with Crippen molar-refractivity contribution in [2.24, 2.45) is 12.8 Å². The molecule has 2 aromatic rings. The molecule has 0 saturated carbocycles. The molecule has 0 fully saturated rings. The third-order valence-corrected chi connectivity index (χ3v) is 2.89. The van der Waals surface area contributed by atoms with Gasteiger partial charge in [0.15, 0.2) is 0 Å². The second-order valence-corrected chi connectivity index (χ2v) is 3.91. The van der Waals surface area contributed by atoms with Crippen molar-refractivity contribution in [3.63, 3.8) is 0 Å². The molecule has 0 aliphatic rings. The summed E-state index contributed by atoms with van der Waals surface area (Å²) in [5.74, 6) is 0. The van der Waals surface area contributed by atoms with Gasteiger partial charge in [-0.2, -0.15) is 0 Å². The van der Waals surface area contributed by atoms with E-state index in [2.05, 4.69) is 36.2 Å². The zero-order valence-electron chi connectivity index (χ0n) is 9.77. The average Bonchev–Trinajstić information content (AvgIpc) is 2.70. The van der Waals surface area contributed by atoms with E-state index >= 15 is 0 Å². The quantitative estimate of drug-likeness (QED) is 0.852. The van der Waals surface area contributed by atoms with E-state index < -0.39 is 0 Å². The lowest BCUT2D eigenvalue weighted by Crippen LogP contribution is -2.04. The second kappa shape index (κ2) is 4.49. The van der Waals surface area contributed by atoms with Crippen LogP contribution in [0.2, 0.25) is 0 Å². The minimum Gasteiger partial charge on any atom is -0.336 e. The molecule has 0 aliphatic carbocycles. The SMILES string of the molecule is CCc1ccc(-c2ncn(C)c2CN)cc1. The molecule has 0 spiro atoms. The van der Waals surface area contributed by atoms with Crippen LogP contribution in [-0.2, 0) is 20.0 Å². The van der Waals surface area contributed by atoms with Gasteiger partial charge in [-0.05, 0) is 12.0 Å². The van der Waals surface area contributed by atoms with Crippen molar-refractivity contribution in [3.05, 3.63) is 41.9 Å². The highest BCUT2D eigenvalue weighted by molar-refractivity contribution is 5.62. The molecule has 2 rings (SSSR count). The molecule has 3 heteroatoms. The fraction of sp³-hybridized carbons (Fsp3) is 0.308. The predicted molar refractivity (Wildman–Crippen MR) is 65.9 cm³/mol. The van der Waals surface area contributed by atoms with Gasteiger partial charge in [0, 0.05) is 19.2 Å². The maximum Gasteiger partial charge on any atom is 0.0953 e. The molecule has 1 aromatic carbocycles. The average molecular weight is 215 g/mol. The highest BCUT2D eigenvalue weighted by atomic mass is 15.0. The van der Waals surface area contributed by atoms with Crippen LogP contribution in [-0.4, -0.2) is 9.55 Å². The summed E-state index contributed by atoms with van der Waals surface area (Å²) >= 11 is 0. The molecule has 0 bridgehead atoms. The summed E-state index contributed by atoms with van der Waals surface area (Å²) in [5, 5.41) is 0. The number of aryl methyl sites for hydroxylation is 2. The largest absolute Gasteiger partial charge is 0.336 e. The van der Waals surface area contributed by atoms with Crippen LogP contribution in [0.1, 0.15) is 18.2 Å². The first kappa shape index (κ1) is 10.9. The van der Waals surface area contributed by atoms with Gasteiger partial charge in [-0.25, -0.2) is 4.98 Å². The molecule has 0 amide bonds. The lowest BCUT2D eigenvalue weighted by molar-refractivity contribution is 0.822. The minimum absolute atomic E-state index is 0.515. The van der Waals surface area contributed by atoms with Crippen molar-refractivity contribution >= 4 is 0 Å². The van der Waals surface area contributed by atoms with Crippen LogP contribution in [0, 0.1) is 0 Å². The van der Waals surface area contributed by atoms with Crippen LogP contribution in [0.15, 0.2) is 30.6 Å². The minimum atomic E-state index is 0.515. The standard InChI is InChI=1S/C13H17N3/c1-3-10-4-6-11(7-5-10)13-12(8-14)16(2)9-15-13/h4-7,9H,3,8,14H2,1-2H3. The Morgan fingerprint density at radius 1 is 1.25 bits per heavy atom. The van der Waals surface area contributed by atoms with Gasteiger partial charge < -0.3 is 10.3 Å². The van der Waals surface area contributed by atoms with Crippen LogP contribution in [0.5, 0.6) is 0 Å². The smallest absolute Gasteiger partial charge is 0.0953 e. The van der Waals surface area contributed by atoms with Crippen LogP contribution >= 0.6 is 0 Å². The lowest BCUT2D eigenvalue weighted by Gasteiger charge is -2.04. The van der Waals surface area contributed by atoms with Crippen molar-refractivity contribution in [2.45, 2.75) is 19.9 Å². The van der Waals surface area contributed by atoms with Gasteiger partial charge in [-0.3, -0.25) is 0 Å². The summed E-state index contributed by atoms with van der Waals surface area (Å²) < 4.78 is 1.98. The topological polar surface area (TPSA) is 43.8 Å². The normalized spacial score (nSPS) is 10.7. The Morgan fingerprint density at radius 2 is 1.94 bits per heavy atom. The maximum atomic E-state index is 5.73. The van der Waals surface area contributed by atoms with Crippen molar-refractivity contribution in [2.75, 3.05) is 0 Å². The Kier molecular flexibility index (Phi) is 3.06. The monoisotopic (exact) mass is 215 g/mol. The van der Waals surface area contributed by atoms with Crippen molar-refractivity contribution in [1.82, 2.24) is 9.55 Å². The molecule has 0 saturated heterocycles. The zero-order chi connectivity index (χ0) is 11.5. The number of rotatable bonds is 3. The maximum absolute atomic E-state index is 5.73. The number of hydrogen-bond acceptors (Lipinski definition) is 2. The molecule has 2 N–H and O–H groups in total. The van der Waals surface area contributed by atoms with Crippen molar-refractivity contribution < 1.29 is 0 Å². The van der Waals surface area contributed by atoms with Gasteiger partial charge in [0.1, 0.15) is 0 Å². The fourth-order valence-electron chi connectivity index (χ4n) is 1.84. The summed E-state index contributed by atoms with van der Waals surface area (Å²) in [6.07, 6.45) is 2.87. The molecule has 16 heavy (non-hydrogen) atoms. The first-order valence-electron chi connectivity index (χ1n) is 5.55. The molecular formula is C13H17N3. The van der Waals surface area contributed by atoms with E-state index in [1.54, 1.807) is 0 Å². The fourth-order valence-corrected chi connectivity index (χ4v) is 1.84. The number of nitrogens with two attached hydrogens (primary N) is 1.